The van der Waals surface area contributed by atoms with E-state index in [4.69, 9.17) is 4.74 Å². The van der Waals surface area contributed by atoms with E-state index in [-0.39, 0.29) is 18.2 Å². The van der Waals surface area contributed by atoms with Gasteiger partial charge in [-0.25, -0.2) is 4.79 Å². The van der Waals surface area contributed by atoms with Crippen LogP contribution in [-0.4, -0.2) is 30.9 Å². The number of methoxy groups -OCH3 is 1. The van der Waals surface area contributed by atoms with Crippen LogP contribution in [0.1, 0.15) is 40.6 Å². The molecule has 0 spiro atoms. The number of carbonyl (C=O) groups excluding carboxylic acids is 3. The first-order valence-electron chi connectivity index (χ1n) is 9.65. The van der Waals surface area contributed by atoms with Crippen molar-refractivity contribution >= 4 is 45.5 Å². The number of hydrogen-bond acceptors (Lipinski definition) is 6. The van der Waals surface area contributed by atoms with E-state index >= 15 is 0 Å². The van der Waals surface area contributed by atoms with E-state index in [0.717, 1.165) is 35.4 Å². The van der Waals surface area contributed by atoms with Gasteiger partial charge in [-0.05, 0) is 42.9 Å². The molecule has 0 unspecified atom stereocenters. The minimum Gasteiger partial charge on any atom is -0.465 e. The van der Waals surface area contributed by atoms with Crippen molar-refractivity contribution in [1.82, 2.24) is 0 Å². The van der Waals surface area contributed by atoms with Gasteiger partial charge in [0, 0.05) is 4.88 Å². The second kappa shape index (κ2) is 7.87. The molecule has 1 aliphatic heterocycles. The molecule has 0 fully saturated rings. The zero-order valence-corrected chi connectivity index (χ0v) is 17.2. The van der Waals surface area contributed by atoms with Crippen molar-refractivity contribution in [3.8, 4) is 0 Å². The van der Waals surface area contributed by atoms with Crippen LogP contribution in [0.3, 0.4) is 0 Å². The molecule has 2 aliphatic rings. The fourth-order valence-electron chi connectivity index (χ4n) is 3.85. The molecule has 0 bridgehead atoms. The van der Waals surface area contributed by atoms with Crippen LogP contribution in [-0.2, 0) is 27.2 Å². The predicted molar refractivity (Wildman–Crippen MR) is 113 cm³/mol. The molecule has 1 aromatic heterocycles. The number of ether oxygens (including phenoxy) is 1. The van der Waals surface area contributed by atoms with Gasteiger partial charge in [-0.15, -0.1) is 11.3 Å². The average molecular weight is 413 g/mol. The highest BCUT2D eigenvalue weighted by Gasteiger charge is 2.31. The number of carbonyl (C=O) groups is 3. The fraction of sp³-hybridized carbons (Fsp3) is 0.381. The Morgan fingerprint density at radius 1 is 1.28 bits per heavy atom. The van der Waals surface area contributed by atoms with Gasteiger partial charge in [-0.3, -0.25) is 9.59 Å². The van der Waals surface area contributed by atoms with Gasteiger partial charge in [0.1, 0.15) is 11.0 Å². The standard InChI is InChI=1S/C21H23N3O4S/c1-11-7-8-12-16(9-11)29-20(18(12)21(27)28-2)24-17(25)10-15-19(26)23-14-6-4-3-5-13(14)22-15/h3-6,11,15,22H,7-10H2,1-2H3,(H,23,26)(H,24,25)/t11-,15+/m0/s1. The van der Waals surface area contributed by atoms with Gasteiger partial charge < -0.3 is 20.7 Å². The monoisotopic (exact) mass is 413 g/mol. The van der Waals surface area contributed by atoms with Crippen molar-refractivity contribution in [3.63, 3.8) is 0 Å². The van der Waals surface area contributed by atoms with Crippen molar-refractivity contribution in [2.75, 3.05) is 23.1 Å². The van der Waals surface area contributed by atoms with Gasteiger partial charge in [0.05, 0.1) is 30.5 Å². The van der Waals surface area contributed by atoms with Crippen molar-refractivity contribution in [2.45, 2.75) is 38.6 Å². The maximum Gasteiger partial charge on any atom is 0.341 e. The second-order valence-corrected chi connectivity index (χ2v) is 8.64. The highest BCUT2D eigenvalue weighted by atomic mass is 32.1. The van der Waals surface area contributed by atoms with Crippen LogP contribution in [0.5, 0.6) is 0 Å². The van der Waals surface area contributed by atoms with Gasteiger partial charge in [0.25, 0.3) is 0 Å². The zero-order valence-electron chi connectivity index (χ0n) is 16.3. The number of anilines is 3. The third-order valence-electron chi connectivity index (χ3n) is 5.37. The van der Waals surface area contributed by atoms with E-state index in [0.29, 0.717) is 22.2 Å². The van der Waals surface area contributed by atoms with Crippen LogP contribution < -0.4 is 16.0 Å². The van der Waals surface area contributed by atoms with Crippen molar-refractivity contribution < 1.29 is 19.1 Å². The molecule has 0 radical (unpaired) electrons. The predicted octanol–water partition coefficient (Wildman–Crippen LogP) is 3.42. The lowest BCUT2D eigenvalue weighted by Gasteiger charge is -2.26. The lowest BCUT2D eigenvalue weighted by Crippen LogP contribution is -2.41. The molecule has 7 nitrogen and oxygen atoms in total. The van der Waals surface area contributed by atoms with E-state index in [2.05, 4.69) is 22.9 Å². The molecule has 2 atom stereocenters. The number of para-hydroxylation sites is 2. The maximum atomic E-state index is 12.7. The molecular formula is C21H23N3O4S. The zero-order chi connectivity index (χ0) is 20.5. The molecule has 0 saturated heterocycles. The summed E-state index contributed by atoms with van der Waals surface area (Å²) in [5, 5.41) is 9.28. The van der Waals surface area contributed by atoms with E-state index in [1.807, 2.05) is 18.2 Å². The quantitative estimate of drug-likeness (QED) is 0.668. The van der Waals surface area contributed by atoms with Crippen molar-refractivity contribution in [2.24, 2.45) is 5.92 Å². The second-order valence-electron chi connectivity index (χ2n) is 7.53. The SMILES string of the molecule is COC(=O)c1c(NC(=O)C[C@H]2Nc3ccccc3NC2=O)sc2c1CC[C@H](C)C2. The Hall–Kier alpha value is -2.87. The summed E-state index contributed by atoms with van der Waals surface area (Å²) in [6.45, 7) is 2.18. The first-order valence-corrected chi connectivity index (χ1v) is 10.5. The molecule has 3 N–H and O–H groups in total. The van der Waals surface area contributed by atoms with Crippen molar-refractivity contribution in [1.29, 1.82) is 0 Å². The normalized spacial score (nSPS) is 20.0. The number of nitrogens with one attached hydrogen (secondary N) is 3. The van der Waals surface area contributed by atoms with Crippen LogP contribution in [0.2, 0.25) is 0 Å². The summed E-state index contributed by atoms with van der Waals surface area (Å²) in [6.07, 6.45) is 2.66. The summed E-state index contributed by atoms with van der Waals surface area (Å²) >= 11 is 1.44. The number of esters is 1. The molecular weight excluding hydrogens is 390 g/mol. The van der Waals surface area contributed by atoms with Crippen LogP contribution in [0, 0.1) is 5.92 Å². The highest BCUT2D eigenvalue weighted by Crippen LogP contribution is 2.40. The number of benzene rings is 1. The number of fused-ring (bicyclic) bond motifs is 2. The van der Waals surface area contributed by atoms with Gasteiger partial charge in [0.2, 0.25) is 11.8 Å². The van der Waals surface area contributed by atoms with Crippen molar-refractivity contribution in [3.05, 3.63) is 40.3 Å². The largest absolute Gasteiger partial charge is 0.465 e. The van der Waals surface area contributed by atoms with Crippen LogP contribution in [0.15, 0.2) is 24.3 Å². The van der Waals surface area contributed by atoms with E-state index in [9.17, 15) is 14.4 Å². The number of thiophene rings is 1. The minimum absolute atomic E-state index is 0.0419. The van der Waals surface area contributed by atoms with E-state index in [1.54, 1.807) is 6.07 Å². The Bertz CT molecular complexity index is 984. The lowest BCUT2D eigenvalue weighted by atomic mass is 9.88. The van der Waals surface area contributed by atoms with Gasteiger partial charge in [0.15, 0.2) is 0 Å². The molecule has 1 aliphatic carbocycles. The summed E-state index contributed by atoms with van der Waals surface area (Å²) in [6, 6.07) is 6.67. The third-order valence-corrected chi connectivity index (χ3v) is 6.54. The third kappa shape index (κ3) is 3.85. The summed E-state index contributed by atoms with van der Waals surface area (Å²) in [5.41, 5.74) is 2.92. The van der Waals surface area contributed by atoms with Crippen LogP contribution in [0.4, 0.5) is 16.4 Å². The smallest absolute Gasteiger partial charge is 0.341 e. The topological polar surface area (TPSA) is 96.5 Å². The van der Waals surface area contributed by atoms with E-state index < -0.39 is 12.0 Å². The molecule has 152 valence electrons. The minimum atomic E-state index is -0.680. The number of hydrogen-bond donors (Lipinski definition) is 3. The molecule has 1 aromatic carbocycles. The summed E-state index contributed by atoms with van der Waals surface area (Å²) < 4.78 is 4.96. The van der Waals surface area contributed by atoms with Gasteiger partial charge in [-0.2, -0.15) is 0 Å². The van der Waals surface area contributed by atoms with Gasteiger partial charge >= 0.3 is 5.97 Å². The first kappa shape index (κ1) is 19.4. The van der Waals surface area contributed by atoms with Crippen LogP contribution >= 0.6 is 11.3 Å². The molecule has 4 rings (SSSR count). The summed E-state index contributed by atoms with van der Waals surface area (Å²) in [4.78, 5) is 38.5. The molecule has 29 heavy (non-hydrogen) atoms. The maximum absolute atomic E-state index is 12.7. The Labute approximate surface area is 172 Å². The summed E-state index contributed by atoms with van der Waals surface area (Å²) in [5.74, 6) is -0.472. The van der Waals surface area contributed by atoms with Gasteiger partial charge in [-0.1, -0.05) is 19.1 Å². The van der Waals surface area contributed by atoms with E-state index in [1.165, 1.54) is 18.4 Å². The Morgan fingerprint density at radius 3 is 2.79 bits per heavy atom. The number of rotatable bonds is 4. The molecule has 2 heterocycles. The lowest BCUT2D eigenvalue weighted by molar-refractivity contribution is -0.122. The van der Waals surface area contributed by atoms with Crippen LogP contribution in [0.25, 0.3) is 0 Å². The molecule has 8 heteroatoms. The first-order chi connectivity index (χ1) is 14.0. The summed E-state index contributed by atoms with van der Waals surface area (Å²) in [7, 11) is 1.34. The fourth-order valence-corrected chi connectivity index (χ4v) is 5.27. The average Bonchev–Trinajstić information content (AvgIpc) is 3.04. The Morgan fingerprint density at radius 2 is 2.03 bits per heavy atom. The molecule has 2 amide bonds. The Balaban J connectivity index is 1.52. The highest BCUT2D eigenvalue weighted by molar-refractivity contribution is 7.17. The molecule has 2 aromatic rings. The molecule has 0 saturated carbocycles. The number of amides is 2. The Kier molecular flexibility index (Phi) is 5.27.